The molecular formula is C10H13N3O. The standard InChI is InChI=1S/C10H13N3O/c1-12-7-3-4-8-5-6-9(11)10(13-8)14-2/h5-6,12H,7,11H2,1-2H3. The number of pyridine rings is 1. The molecule has 0 aliphatic heterocycles. The molecule has 0 fully saturated rings. The van der Waals surface area contributed by atoms with Crippen molar-refractivity contribution in [1.29, 1.82) is 0 Å². The van der Waals surface area contributed by atoms with Gasteiger partial charge in [-0.15, -0.1) is 0 Å². The Bertz CT molecular complexity index is 365. The molecule has 3 N–H and O–H groups in total. The molecule has 0 aromatic carbocycles. The molecule has 0 saturated heterocycles. The smallest absolute Gasteiger partial charge is 0.238 e. The third kappa shape index (κ3) is 2.64. The van der Waals surface area contributed by atoms with Crippen LogP contribution >= 0.6 is 0 Å². The van der Waals surface area contributed by atoms with Gasteiger partial charge in [0.15, 0.2) is 0 Å². The maximum atomic E-state index is 5.61. The molecule has 0 saturated carbocycles. The van der Waals surface area contributed by atoms with Crippen LogP contribution in [0.4, 0.5) is 5.69 Å². The van der Waals surface area contributed by atoms with Crippen LogP contribution in [0.5, 0.6) is 5.88 Å². The molecule has 0 aliphatic rings. The zero-order valence-corrected chi connectivity index (χ0v) is 8.29. The lowest BCUT2D eigenvalue weighted by Crippen LogP contribution is -2.04. The lowest BCUT2D eigenvalue weighted by atomic mass is 10.3. The van der Waals surface area contributed by atoms with Gasteiger partial charge in [0.2, 0.25) is 5.88 Å². The number of nitrogens with two attached hydrogens (primary N) is 1. The van der Waals surface area contributed by atoms with Gasteiger partial charge in [-0.1, -0.05) is 5.92 Å². The predicted octanol–water partition coefficient (Wildman–Crippen LogP) is 0.243. The molecule has 0 spiro atoms. The Balaban J connectivity index is 2.86. The van der Waals surface area contributed by atoms with E-state index in [1.807, 2.05) is 7.05 Å². The van der Waals surface area contributed by atoms with E-state index in [4.69, 9.17) is 10.5 Å². The van der Waals surface area contributed by atoms with Crippen LogP contribution in [-0.2, 0) is 0 Å². The summed E-state index contributed by atoms with van der Waals surface area (Å²) in [5, 5.41) is 2.92. The van der Waals surface area contributed by atoms with E-state index in [-0.39, 0.29) is 0 Å². The van der Waals surface area contributed by atoms with Crippen LogP contribution in [0.25, 0.3) is 0 Å². The normalized spacial score (nSPS) is 9.00. The van der Waals surface area contributed by atoms with Crippen LogP contribution in [0, 0.1) is 11.8 Å². The number of methoxy groups -OCH3 is 1. The van der Waals surface area contributed by atoms with E-state index in [0.29, 0.717) is 23.8 Å². The van der Waals surface area contributed by atoms with E-state index >= 15 is 0 Å². The molecule has 0 aliphatic carbocycles. The highest BCUT2D eigenvalue weighted by Crippen LogP contribution is 2.16. The summed E-state index contributed by atoms with van der Waals surface area (Å²) in [6.45, 7) is 0.633. The van der Waals surface area contributed by atoms with Crippen molar-refractivity contribution >= 4 is 5.69 Å². The van der Waals surface area contributed by atoms with Gasteiger partial charge in [0.05, 0.1) is 19.3 Å². The minimum Gasteiger partial charge on any atom is -0.479 e. The number of hydrogen-bond acceptors (Lipinski definition) is 4. The topological polar surface area (TPSA) is 60.2 Å². The first-order valence-electron chi connectivity index (χ1n) is 4.22. The first-order chi connectivity index (χ1) is 6.77. The fourth-order valence-corrected chi connectivity index (χ4v) is 0.907. The Morgan fingerprint density at radius 3 is 3.00 bits per heavy atom. The molecule has 1 rings (SSSR count). The SMILES string of the molecule is CNCC#Cc1ccc(N)c(OC)n1. The van der Waals surface area contributed by atoms with Crippen molar-refractivity contribution in [3.8, 4) is 17.7 Å². The molecule has 0 radical (unpaired) electrons. The van der Waals surface area contributed by atoms with Gasteiger partial charge >= 0.3 is 0 Å². The Kier molecular flexibility index (Phi) is 3.77. The minimum atomic E-state index is 0.418. The molecule has 0 atom stereocenters. The number of aromatic nitrogens is 1. The lowest BCUT2D eigenvalue weighted by Gasteiger charge is -2.01. The number of anilines is 1. The van der Waals surface area contributed by atoms with Crippen molar-refractivity contribution in [1.82, 2.24) is 10.3 Å². The highest BCUT2D eigenvalue weighted by atomic mass is 16.5. The van der Waals surface area contributed by atoms with Crippen molar-refractivity contribution < 1.29 is 4.74 Å². The highest BCUT2D eigenvalue weighted by molar-refractivity contribution is 5.50. The first kappa shape index (κ1) is 10.4. The van der Waals surface area contributed by atoms with E-state index in [1.165, 1.54) is 7.11 Å². The van der Waals surface area contributed by atoms with Crippen LogP contribution in [0.3, 0.4) is 0 Å². The Hall–Kier alpha value is -1.73. The van der Waals surface area contributed by atoms with Crippen molar-refractivity contribution in [3.05, 3.63) is 17.8 Å². The maximum Gasteiger partial charge on any atom is 0.238 e. The number of rotatable bonds is 2. The molecule has 4 nitrogen and oxygen atoms in total. The summed E-state index contributed by atoms with van der Waals surface area (Å²) in [4.78, 5) is 4.11. The summed E-state index contributed by atoms with van der Waals surface area (Å²) in [5.74, 6) is 6.21. The number of nitrogens with zero attached hydrogens (tertiary/aromatic N) is 1. The minimum absolute atomic E-state index is 0.418. The van der Waals surface area contributed by atoms with Gasteiger partial charge in [-0.25, -0.2) is 4.98 Å². The van der Waals surface area contributed by atoms with E-state index in [2.05, 4.69) is 22.1 Å². The molecule has 1 heterocycles. The van der Waals surface area contributed by atoms with Crippen molar-refractivity contribution in [3.63, 3.8) is 0 Å². The molecule has 0 unspecified atom stereocenters. The van der Waals surface area contributed by atoms with Crippen LogP contribution < -0.4 is 15.8 Å². The zero-order chi connectivity index (χ0) is 10.4. The molecule has 1 aromatic rings. The van der Waals surface area contributed by atoms with Gasteiger partial charge in [0, 0.05) is 0 Å². The third-order valence-corrected chi connectivity index (χ3v) is 1.56. The summed E-state index contributed by atoms with van der Waals surface area (Å²) in [7, 11) is 3.37. The molecule has 74 valence electrons. The molecule has 0 amide bonds. The summed E-state index contributed by atoms with van der Waals surface area (Å²) < 4.78 is 4.97. The second kappa shape index (κ2) is 5.10. The molecule has 1 aromatic heterocycles. The number of ether oxygens (including phenoxy) is 1. The predicted molar refractivity (Wildman–Crippen MR) is 56.0 cm³/mol. The number of hydrogen-bond donors (Lipinski definition) is 2. The first-order valence-corrected chi connectivity index (χ1v) is 4.22. The second-order valence-corrected chi connectivity index (χ2v) is 2.63. The van der Waals surface area contributed by atoms with Crippen molar-refractivity contribution in [2.24, 2.45) is 0 Å². The molecule has 0 bridgehead atoms. The monoisotopic (exact) mass is 191 g/mol. The third-order valence-electron chi connectivity index (χ3n) is 1.56. The van der Waals surface area contributed by atoms with Crippen LogP contribution in [0.1, 0.15) is 5.69 Å². The van der Waals surface area contributed by atoms with Crippen molar-refractivity contribution in [2.75, 3.05) is 26.4 Å². The molecule has 4 heteroatoms. The second-order valence-electron chi connectivity index (χ2n) is 2.63. The summed E-state index contributed by atoms with van der Waals surface area (Å²) in [5.41, 5.74) is 6.79. The Labute approximate surface area is 83.5 Å². The van der Waals surface area contributed by atoms with Crippen LogP contribution in [0.15, 0.2) is 12.1 Å². The van der Waals surface area contributed by atoms with Gasteiger partial charge in [-0.2, -0.15) is 0 Å². The van der Waals surface area contributed by atoms with Gasteiger partial charge in [-0.05, 0) is 25.1 Å². The zero-order valence-electron chi connectivity index (χ0n) is 8.29. The summed E-state index contributed by atoms with van der Waals surface area (Å²) in [6.07, 6.45) is 0. The Morgan fingerprint density at radius 1 is 1.57 bits per heavy atom. The van der Waals surface area contributed by atoms with E-state index in [1.54, 1.807) is 12.1 Å². The fourth-order valence-electron chi connectivity index (χ4n) is 0.907. The van der Waals surface area contributed by atoms with E-state index in [9.17, 15) is 0 Å². The van der Waals surface area contributed by atoms with E-state index in [0.717, 1.165) is 0 Å². The number of nitrogens with one attached hydrogen (secondary N) is 1. The molecular weight excluding hydrogens is 178 g/mol. The van der Waals surface area contributed by atoms with Crippen LogP contribution in [-0.4, -0.2) is 25.7 Å². The lowest BCUT2D eigenvalue weighted by molar-refractivity contribution is 0.400. The quantitative estimate of drug-likeness (QED) is 0.657. The van der Waals surface area contributed by atoms with Gasteiger partial charge < -0.3 is 15.8 Å². The van der Waals surface area contributed by atoms with E-state index < -0.39 is 0 Å². The summed E-state index contributed by atoms with van der Waals surface area (Å²) >= 11 is 0. The van der Waals surface area contributed by atoms with Gasteiger partial charge in [-0.3, -0.25) is 0 Å². The van der Waals surface area contributed by atoms with Crippen LogP contribution in [0.2, 0.25) is 0 Å². The average Bonchev–Trinajstić information content (AvgIpc) is 2.21. The maximum absolute atomic E-state index is 5.61. The molecule has 14 heavy (non-hydrogen) atoms. The average molecular weight is 191 g/mol. The Morgan fingerprint density at radius 2 is 2.36 bits per heavy atom. The fraction of sp³-hybridized carbons (Fsp3) is 0.300. The largest absolute Gasteiger partial charge is 0.479 e. The van der Waals surface area contributed by atoms with Gasteiger partial charge in [0.1, 0.15) is 5.69 Å². The van der Waals surface area contributed by atoms with Gasteiger partial charge in [0.25, 0.3) is 0 Å². The summed E-state index contributed by atoms with van der Waals surface area (Å²) in [6, 6.07) is 3.50. The highest BCUT2D eigenvalue weighted by Gasteiger charge is 1.99. The number of nitrogen functional groups attached to an aromatic ring is 1. The van der Waals surface area contributed by atoms with Crippen molar-refractivity contribution in [2.45, 2.75) is 0 Å².